The van der Waals surface area contributed by atoms with Crippen molar-refractivity contribution < 1.29 is 18.5 Å². The standard InChI is InChI=1S/C22H32FN2O2/c1-6-21-24(5)18-10-8-16(23)12-19(18)25(21)13-22(26)27-20-11-15(4)7-9-17(20)14(2)3/h8,10,12,14-15,17,20H,6-7,9,11,13H2,1-5H3/q+1/t15-,17+,20?/m1/s1. The highest BCUT2D eigenvalue weighted by Crippen LogP contribution is 2.35. The Hall–Kier alpha value is -1.91. The third kappa shape index (κ3) is 4.02. The molecule has 1 aromatic carbocycles. The Morgan fingerprint density at radius 1 is 1.37 bits per heavy atom. The summed E-state index contributed by atoms with van der Waals surface area (Å²) in [6.45, 7) is 8.82. The minimum Gasteiger partial charge on any atom is -0.459 e. The van der Waals surface area contributed by atoms with Crippen LogP contribution in [-0.2, 0) is 29.5 Å². The van der Waals surface area contributed by atoms with E-state index in [2.05, 4.69) is 20.8 Å². The molecule has 3 atom stereocenters. The lowest BCUT2D eigenvalue weighted by Crippen LogP contribution is -2.37. The molecule has 148 valence electrons. The number of imidazole rings is 1. The Morgan fingerprint density at radius 2 is 2.11 bits per heavy atom. The minimum atomic E-state index is -0.293. The number of hydrogen-bond donors (Lipinski definition) is 0. The van der Waals surface area contributed by atoms with Gasteiger partial charge in [-0.3, -0.25) is 0 Å². The number of aromatic nitrogens is 2. The molecule has 2 aromatic rings. The number of esters is 1. The summed E-state index contributed by atoms with van der Waals surface area (Å²) < 4.78 is 23.7. The lowest BCUT2D eigenvalue weighted by atomic mass is 9.75. The Balaban J connectivity index is 1.84. The van der Waals surface area contributed by atoms with Gasteiger partial charge >= 0.3 is 5.97 Å². The third-order valence-corrected chi connectivity index (χ3v) is 6.14. The van der Waals surface area contributed by atoms with Crippen LogP contribution in [0.5, 0.6) is 0 Å². The molecule has 0 saturated heterocycles. The van der Waals surface area contributed by atoms with Crippen LogP contribution in [0.15, 0.2) is 18.2 Å². The monoisotopic (exact) mass is 375 g/mol. The van der Waals surface area contributed by atoms with E-state index in [4.69, 9.17) is 4.74 Å². The maximum Gasteiger partial charge on any atom is 0.348 e. The molecule has 3 rings (SSSR count). The van der Waals surface area contributed by atoms with Gasteiger partial charge in [-0.05, 0) is 42.7 Å². The van der Waals surface area contributed by atoms with E-state index in [1.165, 1.54) is 18.6 Å². The first-order valence-electron chi connectivity index (χ1n) is 10.2. The molecule has 27 heavy (non-hydrogen) atoms. The summed E-state index contributed by atoms with van der Waals surface area (Å²) in [7, 11) is 1.96. The fraction of sp³-hybridized carbons (Fsp3) is 0.636. The van der Waals surface area contributed by atoms with Crippen molar-refractivity contribution in [2.24, 2.45) is 24.8 Å². The molecule has 4 nitrogen and oxygen atoms in total. The van der Waals surface area contributed by atoms with E-state index in [1.807, 2.05) is 23.1 Å². The summed E-state index contributed by atoms with van der Waals surface area (Å²) in [6.07, 6.45) is 4.00. The molecule has 0 N–H and O–H groups in total. The van der Waals surface area contributed by atoms with Gasteiger partial charge in [0.25, 0.3) is 5.82 Å². The van der Waals surface area contributed by atoms with Crippen molar-refractivity contribution in [3.05, 3.63) is 29.8 Å². The summed E-state index contributed by atoms with van der Waals surface area (Å²) in [5.41, 5.74) is 1.66. The summed E-state index contributed by atoms with van der Waals surface area (Å²) in [5.74, 6) is 1.98. The molecule has 1 unspecified atom stereocenters. The van der Waals surface area contributed by atoms with E-state index < -0.39 is 0 Å². The summed E-state index contributed by atoms with van der Waals surface area (Å²) in [5, 5.41) is 0. The van der Waals surface area contributed by atoms with Gasteiger partial charge in [0.1, 0.15) is 11.9 Å². The van der Waals surface area contributed by atoms with E-state index in [1.54, 1.807) is 6.07 Å². The molecule has 1 fully saturated rings. The second-order valence-electron chi connectivity index (χ2n) is 8.40. The molecule has 0 amide bonds. The number of halogens is 1. The zero-order valence-corrected chi connectivity index (χ0v) is 17.2. The van der Waals surface area contributed by atoms with Gasteiger partial charge in [-0.2, -0.15) is 0 Å². The van der Waals surface area contributed by atoms with Gasteiger partial charge in [-0.15, -0.1) is 0 Å². The summed E-state index contributed by atoms with van der Waals surface area (Å²) in [6, 6.07) is 4.73. The Labute approximate surface area is 161 Å². The smallest absolute Gasteiger partial charge is 0.348 e. The third-order valence-electron chi connectivity index (χ3n) is 6.14. The first kappa shape index (κ1) is 19.8. The number of carbonyl (C=O) groups excluding carboxylic acids is 1. The lowest BCUT2D eigenvalue weighted by Gasteiger charge is -2.36. The van der Waals surface area contributed by atoms with E-state index in [0.717, 1.165) is 36.1 Å². The van der Waals surface area contributed by atoms with Crippen molar-refractivity contribution in [3.63, 3.8) is 0 Å². The molecule has 1 aliphatic rings. The molecule has 1 aliphatic carbocycles. The highest BCUT2D eigenvalue weighted by Gasteiger charge is 2.34. The van der Waals surface area contributed by atoms with Crippen molar-refractivity contribution in [3.8, 4) is 0 Å². The normalized spacial score (nSPS) is 23.1. The number of fused-ring (bicyclic) bond motifs is 1. The molecule has 0 aliphatic heterocycles. The summed E-state index contributed by atoms with van der Waals surface area (Å²) in [4.78, 5) is 12.8. The van der Waals surface area contributed by atoms with Gasteiger partial charge in [-0.25, -0.2) is 18.3 Å². The zero-order chi connectivity index (χ0) is 19.7. The molecule has 0 spiro atoms. The number of rotatable bonds is 5. The van der Waals surface area contributed by atoms with Gasteiger partial charge in [0, 0.05) is 12.5 Å². The largest absolute Gasteiger partial charge is 0.459 e. The molecule has 5 heteroatoms. The number of carbonyl (C=O) groups is 1. The number of nitrogens with zero attached hydrogens (tertiary/aromatic N) is 2. The van der Waals surface area contributed by atoms with Crippen LogP contribution < -0.4 is 4.57 Å². The number of benzene rings is 1. The predicted octanol–water partition coefficient (Wildman–Crippen LogP) is 4.17. The zero-order valence-electron chi connectivity index (χ0n) is 17.2. The molecular weight excluding hydrogens is 343 g/mol. The topological polar surface area (TPSA) is 35.1 Å². The van der Waals surface area contributed by atoms with E-state index in [9.17, 15) is 9.18 Å². The average molecular weight is 376 g/mol. The number of ether oxygens (including phenoxy) is 1. The van der Waals surface area contributed by atoms with Gasteiger partial charge in [0.05, 0.1) is 7.05 Å². The van der Waals surface area contributed by atoms with Crippen LogP contribution in [0, 0.1) is 23.6 Å². The van der Waals surface area contributed by atoms with Gasteiger partial charge in [0.2, 0.25) is 0 Å². The van der Waals surface area contributed by atoms with Gasteiger partial charge in [-0.1, -0.05) is 34.1 Å². The quantitative estimate of drug-likeness (QED) is 0.581. The van der Waals surface area contributed by atoms with Crippen molar-refractivity contribution in [1.82, 2.24) is 4.57 Å². The van der Waals surface area contributed by atoms with Crippen LogP contribution in [0.4, 0.5) is 4.39 Å². The second kappa shape index (κ2) is 7.99. The molecule has 0 radical (unpaired) electrons. The average Bonchev–Trinajstić information content (AvgIpc) is 2.85. The number of aryl methyl sites for hydroxylation is 1. The molecule has 1 aromatic heterocycles. The van der Waals surface area contributed by atoms with Crippen molar-refractivity contribution in [2.45, 2.75) is 66.0 Å². The van der Waals surface area contributed by atoms with Crippen LogP contribution in [-0.4, -0.2) is 16.6 Å². The van der Waals surface area contributed by atoms with Crippen LogP contribution in [0.25, 0.3) is 11.0 Å². The van der Waals surface area contributed by atoms with Crippen LogP contribution in [0.1, 0.15) is 52.8 Å². The molecule has 0 bridgehead atoms. The Bertz CT molecular complexity index is 827. The maximum atomic E-state index is 13.8. The molecule has 1 saturated carbocycles. The second-order valence-corrected chi connectivity index (χ2v) is 8.40. The van der Waals surface area contributed by atoms with E-state index in [-0.39, 0.29) is 24.4 Å². The SMILES string of the molecule is CCc1n(CC(=O)OC2C[C@H](C)CC[C@H]2C(C)C)c2cc(F)ccc2[n+]1C. The minimum absolute atomic E-state index is 0.0151. The lowest BCUT2D eigenvalue weighted by molar-refractivity contribution is -0.653. The predicted molar refractivity (Wildman–Crippen MR) is 104 cm³/mol. The highest BCUT2D eigenvalue weighted by molar-refractivity contribution is 5.76. The van der Waals surface area contributed by atoms with Crippen molar-refractivity contribution >= 4 is 17.0 Å². The van der Waals surface area contributed by atoms with E-state index in [0.29, 0.717) is 17.8 Å². The van der Waals surface area contributed by atoms with Crippen LogP contribution >= 0.6 is 0 Å². The van der Waals surface area contributed by atoms with Crippen LogP contribution in [0.3, 0.4) is 0 Å². The van der Waals surface area contributed by atoms with E-state index >= 15 is 0 Å². The number of hydrogen-bond acceptors (Lipinski definition) is 2. The molecular formula is C22H32FN2O2+. The fourth-order valence-corrected chi connectivity index (χ4v) is 4.65. The maximum absolute atomic E-state index is 13.8. The van der Waals surface area contributed by atoms with Crippen molar-refractivity contribution in [2.75, 3.05) is 0 Å². The highest BCUT2D eigenvalue weighted by atomic mass is 19.1. The van der Waals surface area contributed by atoms with Gasteiger partial charge in [0.15, 0.2) is 17.6 Å². The summed E-state index contributed by atoms with van der Waals surface area (Å²) >= 11 is 0. The molecule has 1 heterocycles. The van der Waals surface area contributed by atoms with Crippen LogP contribution in [0.2, 0.25) is 0 Å². The van der Waals surface area contributed by atoms with Gasteiger partial charge < -0.3 is 4.74 Å². The Morgan fingerprint density at radius 3 is 2.78 bits per heavy atom. The fourth-order valence-electron chi connectivity index (χ4n) is 4.65. The first-order valence-corrected chi connectivity index (χ1v) is 10.2. The van der Waals surface area contributed by atoms with Crippen molar-refractivity contribution in [1.29, 1.82) is 0 Å². The first-order chi connectivity index (χ1) is 12.8. The Kier molecular flexibility index (Phi) is 5.87.